The van der Waals surface area contributed by atoms with Crippen LogP contribution in [0.15, 0.2) is 24.3 Å². The van der Waals surface area contributed by atoms with E-state index in [0.717, 1.165) is 0 Å². The number of sulfone groups is 1. The first-order valence-corrected chi connectivity index (χ1v) is 11.0. The maximum absolute atomic E-state index is 13.4. The Morgan fingerprint density at radius 3 is 2.59 bits per heavy atom. The molecule has 1 aliphatic heterocycles. The summed E-state index contributed by atoms with van der Waals surface area (Å²) >= 11 is 0. The van der Waals surface area contributed by atoms with Crippen LogP contribution < -0.4 is 10.6 Å². The number of hydrogen-bond donors (Lipinski definition) is 3. The van der Waals surface area contributed by atoms with Crippen LogP contribution in [0, 0.1) is 5.82 Å². The molecule has 2 aromatic rings. The zero-order chi connectivity index (χ0) is 21.4. The van der Waals surface area contributed by atoms with Crippen LogP contribution in [0.5, 0.6) is 0 Å². The van der Waals surface area contributed by atoms with Crippen molar-refractivity contribution >= 4 is 32.7 Å². The van der Waals surface area contributed by atoms with E-state index in [9.17, 15) is 22.4 Å². The lowest BCUT2D eigenvalue weighted by atomic mass is 10.1. The Morgan fingerprint density at radius 1 is 1.17 bits per heavy atom. The van der Waals surface area contributed by atoms with Crippen LogP contribution in [0.25, 0.3) is 10.9 Å². The highest BCUT2D eigenvalue weighted by Crippen LogP contribution is 2.19. The van der Waals surface area contributed by atoms with Gasteiger partial charge in [0, 0.05) is 10.9 Å². The molecule has 1 aliphatic rings. The first kappa shape index (κ1) is 21.1. The number of aromatic amines is 1. The van der Waals surface area contributed by atoms with E-state index in [1.165, 1.54) is 24.3 Å². The number of carbonyl (C=O) groups is 2. The van der Waals surface area contributed by atoms with E-state index in [0.29, 0.717) is 10.9 Å². The summed E-state index contributed by atoms with van der Waals surface area (Å²) < 4.78 is 42.7. The number of nitrogens with one attached hydrogen (secondary N) is 3. The Balaban J connectivity index is 1.76. The van der Waals surface area contributed by atoms with Gasteiger partial charge in [-0.05, 0) is 51.5 Å². The average Bonchev–Trinajstić information content (AvgIpc) is 2.98. The van der Waals surface area contributed by atoms with Crippen molar-refractivity contribution in [3.05, 3.63) is 35.8 Å². The number of amides is 2. The molecule has 3 rings (SSSR count). The number of fused-ring (bicyclic) bond motifs is 1. The molecule has 2 amide bonds. The summed E-state index contributed by atoms with van der Waals surface area (Å²) in [5.74, 6) is -1.36. The summed E-state index contributed by atoms with van der Waals surface area (Å²) in [7, 11) is -3.36. The summed E-state index contributed by atoms with van der Waals surface area (Å²) in [6, 6.07) is 4.15. The molecule has 0 bridgehead atoms. The van der Waals surface area contributed by atoms with E-state index in [1.54, 1.807) is 20.8 Å². The molecule has 2 atom stereocenters. The first-order chi connectivity index (χ1) is 13.4. The second kappa shape index (κ2) is 7.66. The number of hydrogen-bond acceptors (Lipinski definition) is 5. The summed E-state index contributed by atoms with van der Waals surface area (Å²) in [4.78, 5) is 27.6. The van der Waals surface area contributed by atoms with Gasteiger partial charge in [0.15, 0.2) is 9.84 Å². The lowest BCUT2D eigenvalue weighted by Crippen LogP contribution is -2.58. The third-order valence-corrected chi connectivity index (χ3v) is 6.23. The van der Waals surface area contributed by atoms with E-state index in [-0.39, 0.29) is 23.6 Å². The lowest BCUT2D eigenvalue weighted by Gasteiger charge is -2.33. The van der Waals surface area contributed by atoms with Crippen LogP contribution >= 0.6 is 0 Å². The van der Waals surface area contributed by atoms with E-state index < -0.39 is 45.3 Å². The monoisotopic (exact) mass is 425 g/mol. The number of H-pyrrole nitrogens is 1. The summed E-state index contributed by atoms with van der Waals surface area (Å²) in [5, 5.41) is 5.85. The van der Waals surface area contributed by atoms with E-state index in [2.05, 4.69) is 15.6 Å². The number of ether oxygens (including phenoxy) is 1. The van der Waals surface area contributed by atoms with Gasteiger partial charge in [-0.2, -0.15) is 0 Å². The normalized spacial score (nSPS) is 21.5. The minimum atomic E-state index is -3.36. The third-order valence-electron chi connectivity index (χ3n) is 4.51. The molecule has 0 radical (unpaired) electrons. The number of rotatable bonds is 3. The predicted molar refractivity (Wildman–Crippen MR) is 106 cm³/mol. The SMILES string of the molecule is CC(C)(C)OC(=O)NC1CCS(=O)(=O)CC1NC(=O)c1cc2cc(F)ccc2[nH]1. The zero-order valence-electron chi connectivity index (χ0n) is 16.4. The van der Waals surface area contributed by atoms with Gasteiger partial charge in [-0.1, -0.05) is 0 Å². The molecule has 0 saturated carbocycles. The average molecular weight is 425 g/mol. The molecule has 1 fully saturated rings. The Hall–Kier alpha value is -2.62. The van der Waals surface area contributed by atoms with Crippen molar-refractivity contribution in [2.24, 2.45) is 0 Å². The topological polar surface area (TPSA) is 117 Å². The Labute approximate surface area is 168 Å². The van der Waals surface area contributed by atoms with Crippen LogP contribution in [0.1, 0.15) is 37.7 Å². The molecule has 2 heterocycles. The minimum Gasteiger partial charge on any atom is -0.444 e. The number of benzene rings is 1. The lowest BCUT2D eigenvalue weighted by molar-refractivity contribution is 0.0488. The van der Waals surface area contributed by atoms with Crippen molar-refractivity contribution in [2.45, 2.75) is 44.9 Å². The molecule has 0 aliphatic carbocycles. The van der Waals surface area contributed by atoms with Crippen LogP contribution in [0.3, 0.4) is 0 Å². The van der Waals surface area contributed by atoms with Crippen molar-refractivity contribution in [1.29, 1.82) is 0 Å². The molecule has 29 heavy (non-hydrogen) atoms. The van der Waals surface area contributed by atoms with E-state index >= 15 is 0 Å². The number of alkyl carbamates (subject to hydrolysis) is 1. The highest BCUT2D eigenvalue weighted by atomic mass is 32.2. The van der Waals surface area contributed by atoms with Gasteiger partial charge in [-0.25, -0.2) is 17.6 Å². The van der Waals surface area contributed by atoms with Gasteiger partial charge in [-0.3, -0.25) is 4.79 Å². The molecule has 10 heteroatoms. The first-order valence-electron chi connectivity index (χ1n) is 9.21. The van der Waals surface area contributed by atoms with Gasteiger partial charge in [0.2, 0.25) is 0 Å². The minimum absolute atomic E-state index is 0.0918. The Bertz CT molecular complexity index is 1040. The van der Waals surface area contributed by atoms with Gasteiger partial charge < -0.3 is 20.4 Å². The molecule has 0 spiro atoms. The van der Waals surface area contributed by atoms with E-state index in [4.69, 9.17) is 4.74 Å². The molecule has 8 nitrogen and oxygen atoms in total. The molecule has 1 aromatic carbocycles. The largest absolute Gasteiger partial charge is 0.444 e. The van der Waals surface area contributed by atoms with Crippen LogP contribution in [-0.4, -0.2) is 54.6 Å². The van der Waals surface area contributed by atoms with Gasteiger partial charge in [-0.15, -0.1) is 0 Å². The fourth-order valence-electron chi connectivity index (χ4n) is 3.23. The van der Waals surface area contributed by atoms with Crippen LogP contribution in [0.2, 0.25) is 0 Å². The molecule has 158 valence electrons. The Kier molecular flexibility index (Phi) is 5.57. The van der Waals surface area contributed by atoms with Gasteiger partial charge in [0.05, 0.1) is 23.6 Å². The number of halogens is 1. The van der Waals surface area contributed by atoms with Crippen LogP contribution in [0.4, 0.5) is 9.18 Å². The smallest absolute Gasteiger partial charge is 0.407 e. The second-order valence-electron chi connectivity index (χ2n) is 8.15. The number of carbonyl (C=O) groups excluding carboxylic acids is 2. The molecule has 3 N–H and O–H groups in total. The predicted octanol–water partition coefficient (Wildman–Crippen LogP) is 2.12. The molecule has 1 saturated heterocycles. The maximum Gasteiger partial charge on any atom is 0.407 e. The highest BCUT2D eigenvalue weighted by molar-refractivity contribution is 7.91. The summed E-state index contributed by atoms with van der Waals surface area (Å²) in [6.45, 7) is 5.15. The number of aromatic nitrogens is 1. The van der Waals surface area contributed by atoms with Gasteiger partial charge in [0.25, 0.3) is 5.91 Å². The fourth-order valence-corrected chi connectivity index (χ4v) is 4.87. The van der Waals surface area contributed by atoms with Crippen molar-refractivity contribution in [1.82, 2.24) is 15.6 Å². The molecule has 2 unspecified atom stereocenters. The second-order valence-corrected chi connectivity index (χ2v) is 10.4. The van der Waals surface area contributed by atoms with E-state index in [1.807, 2.05) is 0 Å². The standard InChI is InChI=1S/C19H24FN3O5S/c1-19(2,3)28-18(25)23-14-6-7-29(26,27)10-16(14)22-17(24)15-9-11-8-12(20)4-5-13(11)21-15/h4-5,8-9,14,16,21H,6-7,10H2,1-3H3,(H,22,24)(H,23,25). The van der Waals surface area contributed by atoms with Gasteiger partial charge in [0.1, 0.15) is 17.1 Å². The molecular formula is C19H24FN3O5S. The van der Waals surface area contributed by atoms with Gasteiger partial charge >= 0.3 is 6.09 Å². The third kappa shape index (κ3) is 5.47. The molecule has 1 aromatic heterocycles. The van der Waals surface area contributed by atoms with Crippen molar-refractivity contribution in [3.63, 3.8) is 0 Å². The highest BCUT2D eigenvalue weighted by Gasteiger charge is 2.36. The zero-order valence-corrected chi connectivity index (χ0v) is 17.2. The van der Waals surface area contributed by atoms with Crippen molar-refractivity contribution in [2.75, 3.05) is 11.5 Å². The molecular weight excluding hydrogens is 401 g/mol. The maximum atomic E-state index is 13.4. The Morgan fingerprint density at radius 2 is 1.90 bits per heavy atom. The van der Waals surface area contributed by atoms with Crippen LogP contribution in [-0.2, 0) is 14.6 Å². The fraction of sp³-hybridized carbons (Fsp3) is 0.474. The summed E-state index contributed by atoms with van der Waals surface area (Å²) in [6.07, 6.45) is -0.521. The quantitative estimate of drug-likeness (QED) is 0.696. The summed E-state index contributed by atoms with van der Waals surface area (Å²) in [5.41, 5.74) is 0.0456. The van der Waals surface area contributed by atoms with Crippen molar-refractivity contribution in [3.8, 4) is 0 Å². The van der Waals surface area contributed by atoms with Crippen molar-refractivity contribution < 1.29 is 27.1 Å².